The maximum atomic E-state index is 12.1. The Morgan fingerprint density at radius 1 is 1.20 bits per heavy atom. The average Bonchev–Trinajstić information content (AvgIpc) is 3.13. The van der Waals surface area contributed by atoms with E-state index in [0.29, 0.717) is 10.8 Å². The first-order valence-electron chi connectivity index (χ1n) is 10.1. The molecule has 1 N–H and O–H groups in total. The number of benzene rings is 2. The van der Waals surface area contributed by atoms with E-state index in [4.69, 9.17) is 11.6 Å². The van der Waals surface area contributed by atoms with Gasteiger partial charge in [0.15, 0.2) is 0 Å². The van der Waals surface area contributed by atoms with Crippen molar-refractivity contribution in [2.45, 2.75) is 39.5 Å². The predicted octanol–water partition coefficient (Wildman–Crippen LogP) is 6.38. The highest BCUT2D eigenvalue weighted by molar-refractivity contribution is 7.22. The van der Waals surface area contributed by atoms with Crippen LogP contribution in [0.2, 0.25) is 5.02 Å². The third-order valence-electron chi connectivity index (χ3n) is 5.97. The first-order valence-corrected chi connectivity index (χ1v) is 11.3. The third kappa shape index (κ3) is 3.08. The van der Waals surface area contributed by atoms with Crippen LogP contribution in [0.1, 0.15) is 45.5 Å². The lowest BCUT2D eigenvalue weighted by atomic mass is 9.87. The lowest BCUT2D eigenvalue weighted by Crippen LogP contribution is -2.35. The first-order chi connectivity index (χ1) is 14.4. The average molecular weight is 441 g/mol. The number of azo groups is 1. The van der Waals surface area contributed by atoms with Gasteiger partial charge in [-0.2, -0.15) is 0 Å². The Bertz CT molecular complexity index is 1230. The molecule has 0 aliphatic carbocycles. The molecule has 2 aliphatic heterocycles. The van der Waals surface area contributed by atoms with Crippen LogP contribution in [0, 0.1) is 13.8 Å². The molecule has 3 aromatic rings. The Morgan fingerprint density at radius 2 is 1.97 bits per heavy atom. The molecular formula is C22H21ClN4O2S. The highest BCUT2D eigenvalue weighted by atomic mass is 35.5. The Morgan fingerprint density at radius 3 is 2.73 bits per heavy atom. The summed E-state index contributed by atoms with van der Waals surface area (Å²) >= 11 is 7.79. The maximum Gasteiger partial charge on any atom is 0.338 e. The summed E-state index contributed by atoms with van der Waals surface area (Å²) in [6, 6.07) is 3.85. The summed E-state index contributed by atoms with van der Waals surface area (Å²) in [6.45, 7) is 5.91. The molecular weight excluding hydrogens is 420 g/mol. The Labute approximate surface area is 183 Å². The number of fused-ring (bicyclic) bond motifs is 1. The highest BCUT2D eigenvalue weighted by Gasteiger charge is 2.30. The Hall–Kier alpha value is -2.51. The lowest BCUT2D eigenvalue weighted by Gasteiger charge is -2.37. The number of carboxylic acid groups (broad SMARTS) is 1. The van der Waals surface area contributed by atoms with Gasteiger partial charge in [-0.1, -0.05) is 22.9 Å². The second-order valence-corrected chi connectivity index (χ2v) is 9.29. The number of aromatic nitrogens is 1. The fourth-order valence-electron chi connectivity index (χ4n) is 4.65. The molecule has 0 fully saturated rings. The molecule has 154 valence electrons. The number of halogens is 1. The van der Waals surface area contributed by atoms with E-state index in [-0.39, 0.29) is 5.56 Å². The van der Waals surface area contributed by atoms with Crippen LogP contribution in [-0.2, 0) is 12.8 Å². The van der Waals surface area contributed by atoms with Crippen molar-refractivity contribution < 1.29 is 9.90 Å². The number of carboxylic acids is 1. The number of aromatic carboxylic acids is 1. The number of nitrogens with zero attached hydrogens (tertiary/aromatic N) is 4. The van der Waals surface area contributed by atoms with E-state index in [1.54, 1.807) is 0 Å². The van der Waals surface area contributed by atoms with Gasteiger partial charge in [0.25, 0.3) is 0 Å². The van der Waals surface area contributed by atoms with E-state index in [0.717, 1.165) is 76.4 Å². The zero-order valence-electron chi connectivity index (χ0n) is 16.8. The molecule has 30 heavy (non-hydrogen) atoms. The zero-order chi connectivity index (χ0) is 21.0. The Kier molecular flexibility index (Phi) is 4.75. The van der Waals surface area contributed by atoms with Gasteiger partial charge in [0.2, 0.25) is 5.13 Å². The van der Waals surface area contributed by atoms with E-state index < -0.39 is 5.97 Å². The maximum absolute atomic E-state index is 12.1. The normalized spacial score (nSPS) is 15.8. The number of hydrogen-bond acceptors (Lipinski definition) is 6. The van der Waals surface area contributed by atoms with Crippen LogP contribution in [0.5, 0.6) is 0 Å². The second kappa shape index (κ2) is 7.32. The molecule has 0 saturated heterocycles. The van der Waals surface area contributed by atoms with Crippen molar-refractivity contribution in [3.63, 3.8) is 0 Å². The van der Waals surface area contributed by atoms with Crippen molar-refractivity contribution in [2.75, 3.05) is 18.0 Å². The van der Waals surface area contributed by atoms with Gasteiger partial charge in [0.05, 0.1) is 15.8 Å². The fourth-order valence-corrected chi connectivity index (χ4v) is 5.73. The van der Waals surface area contributed by atoms with Crippen LogP contribution < -0.4 is 4.90 Å². The van der Waals surface area contributed by atoms with E-state index in [9.17, 15) is 9.90 Å². The molecule has 0 atom stereocenters. The molecule has 8 heteroatoms. The van der Waals surface area contributed by atoms with Crippen LogP contribution in [0.3, 0.4) is 0 Å². The number of carbonyl (C=O) groups is 1. The zero-order valence-corrected chi connectivity index (χ0v) is 18.4. The summed E-state index contributed by atoms with van der Waals surface area (Å²) in [4.78, 5) is 19.0. The molecule has 0 spiro atoms. The first kappa shape index (κ1) is 19.5. The summed E-state index contributed by atoms with van der Waals surface area (Å²) in [5, 5.41) is 19.9. The monoisotopic (exact) mass is 440 g/mol. The molecule has 0 bridgehead atoms. The van der Waals surface area contributed by atoms with Crippen molar-refractivity contribution >= 4 is 55.6 Å². The standard InChI is InChI=1S/C22H21ClN4O2S/c1-11-9-16-20(12(2)18(11)23)30-22(24-16)26-25-15-10-13-5-3-7-27-8-4-6-14(19(13)27)17(15)21(28)29/h9-10H,3-8H2,1-2H3,(H,28,29). The van der Waals surface area contributed by atoms with Gasteiger partial charge in [0.1, 0.15) is 5.69 Å². The number of thiazole rings is 1. The van der Waals surface area contributed by atoms with Gasteiger partial charge < -0.3 is 10.0 Å². The number of anilines is 1. The van der Waals surface area contributed by atoms with E-state index in [1.807, 2.05) is 26.0 Å². The minimum absolute atomic E-state index is 0.278. The molecule has 0 saturated carbocycles. The highest BCUT2D eigenvalue weighted by Crippen LogP contribution is 2.42. The van der Waals surface area contributed by atoms with Gasteiger partial charge >= 0.3 is 5.97 Å². The number of rotatable bonds is 3. The summed E-state index contributed by atoms with van der Waals surface area (Å²) in [6.07, 6.45) is 3.75. The molecule has 2 aliphatic rings. The second-order valence-electron chi connectivity index (χ2n) is 7.93. The van der Waals surface area contributed by atoms with Crippen molar-refractivity contribution in [1.29, 1.82) is 0 Å². The smallest absolute Gasteiger partial charge is 0.338 e. The van der Waals surface area contributed by atoms with Crippen LogP contribution >= 0.6 is 22.9 Å². The van der Waals surface area contributed by atoms with Crippen molar-refractivity contribution in [1.82, 2.24) is 4.98 Å². The van der Waals surface area contributed by atoms with Crippen molar-refractivity contribution in [3.8, 4) is 0 Å². The molecule has 0 radical (unpaired) electrons. The van der Waals surface area contributed by atoms with Gasteiger partial charge in [-0.15, -0.1) is 10.2 Å². The van der Waals surface area contributed by atoms with Crippen LogP contribution in [-0.4, -0.2) is 29.1 Å². The largest absolute Gasteiger partial charge is 0.478 e. The number of aryl methyl sites for hydroxylation is 3. The van der Waals surface area contributed by atoms with E-state index in [2.05, 4.69) is 20.1 Å². The Balaban J connectivity index is 1.61. The fraction of sp³-hybridized carbons (Fsp3) is 0.364. The van der Waals surface area contributed by atoms with Gasteiger partial charge in [-0.3, -0.25) is 0 Å². The molecule has 3 heterocycles. The van der Waals surface area contributed by atoms with Crippen LogP contribution in [0.15, 0.2) is 22.4 Å². The van der Waals surface area contributed by atoms with Crippen LogP contribution in [0.4, 0.5) is 16.5 Å². The quantitative estimate of drug-likeness (QED) is 0.479. The lowest BCUT2D eigenvalue weighted by molar-refractivity contribution is 0.0696. The van der Waals surface area contributed by atoms with E-state index >= 15 is 0 Å². The SMILES string of the molecule is Cc1cc2nc(N=Nc3cc4c5c(c3C(=O)O)CCCN5CCC4)sc2c(C)c1Cl. The molecule has 6 nitrogen and oxygen atoms in total. The third-order valence-corrected chi connectivity index (χ3v) is 7.63. The van der Waals surface area contributed by atoms with Gasteiger partial charge in [0, 0.05) is 23.8 Å². The number of hydrogen-bond donors (Lipinski definition) is 1. The van der Waals surface area contributed by atoms with Gasteiger partial charge in [-0.05, 0) is 73.9 Å². The topological polar surface area (TPSA) is 78.1 Å². The summed E-state index contributed by atoms with van der Waals surface area (Å²) in [5.41, 5.74) is 6.69. The van der Waals surface area contributed by atoms with Crippen molar-refractivity contribution in [3.05, 3.63) is 45.0 Å². The summed E-state index contributed by atoms with van der Waals surface area (Å²) < 4.78 is 0.981. The molecule has 0 unspecified atom stereocenters. The molecule has 0 amide bonds. The van der Waals surface area contributed by atoms with Crippen molar-refractivity contribution in [2.24, 2.45) is 10.2 Å². The van der Waals surface area contributed by atoms with Gasteiger partial charge in [-0.25, -0.2) is 9.78 Å². The molecule has 5 rings (SSSR count). The summed E-state index contributed by atoms with van der Waals surface area (Å²) in [5.74, 6) is -0.947. The molecule has 1 aromatic heterocycles. The van der Waals surface area contributed by atoms with E-state index in [1.165, 1.54) is 16.9 Å². The summed E-state index contributed by atoms with van der Waals surface area (Å²) in [7, 11) is 0. The minimum atomic E-state index is -0.947. The predicted molar refractivity (Wildman–Crippen MR) is 121 cm³/mol. The molecule has 2 aromatic carbocycles. The minimum Gasteiger partial charge on any atom is -0.478 e. The van der Waals surface area contributed by atoms with Crippen LogP contribution in [0.25, 0.3) is 10.2 Å².